The van der Waals surface area contributed by atoms with E-state index in [9.17, 15) is 13.2 Å². The van der Waals surface area contributed by atoms with E-state index < -0.39 is 10.0 Å². The Labute approximate surface area is 169 Å². The summed E-state index contributed by atoms with van der Waals surface area (Å²) >= 11 is 1.46. The van der Waals surface area contributed by atoms with Crippen molar-refractivity contribution in [2.24, 2.45) is 0 Å². The van der Waals surface area contributed by atoms with E-state index >= 15 is 0 Å². The summed E-state index contributed by atoms with van der Waals surface area (Å²) < 4.78 is 32.1. The van der Waals surface area contributed by atoms with Crippen molar-refractivity contribution in [3.63, 3.8) is 0 Å². The zero-order valence-corrected chi connectivity index (χ0v) is 17.1. The van der Waals surface area contributed by atoms with Gasteiger partial charge in [-0.1, -0.05) is 6.07 Å². The molecule has 0 atom stereocenters. The Morgan fingerprint density at radius 3 is 2.21 bits per heavy atom. The lowest BCUT2D eigenvalue weighted by atomic mass is 10.2. The van der Waals surface area contributed by atoms with Gasteiger partial charge < -0.3 is 14.5 Å². The van der Waals surface area contributed by atoms with Crippen LogP contribution in [-0.4, -0.2) is 76.0 Å². The Balaban J connectivity index is 1.39. The summed E-state index contributed by atoms with van der Waals surface area (Å²) in [5, 5.41) is 1.91. The smallest absolute Gasteiger partial charge is 0.264 e. The molecule has 2 saturated heterocycles. The number of thiophene rings is 1. The van der Waals surface area contributed by atoms with Gasteiger partial charge in [0, 0.05) is 45.0 Å². The Morgan fingerprint density at radius 1 is 0.929 bits per heavy atom. The van der Waals surface area contributed by atoms with Gasteiger partial charge in [0.15, 0.2) is 0 Å². The number of sulfonamides is 1. The van der Waals surface area contributed by atoms with Crippen molar-refractivity contribution >= 4 is 33.0 Å². The first-order valence-electron chi connectivity index (χ1n) is 9.31. The molecule has 2 aliphatic rings. The van der Waals surface area contributed by atoms with Gasteiger partial charge in [-0.2, -0.15) is 4.31 Å². The van der Waals surface area contributed by atoms with Crippen LogP contribution in [0.3, 0.4) is 0 Å². The minimum atomic E-state index is -3.47. The maximum Gasteiger partial charge on any atom is 0.264 e. The summed E-state index contributed by atoms with van der Waals surface area (Å²) in [7, 11) is -3.47. The van der Waals surface area contributed by atoms with Gasteiger partial charge in [0.25, 0.3) is 5.91 Å². The van der Waals surface area contributed by atoms with Crippen molar-refractivity contribution in [2.75, 3.05) is 57.4 Å². The van der Waals surface area contributed by atoms with Gasteiger partial charge in [0.05, 0.1) is 23.0 Å². The molecule has 7 nitrogen and oxygen atoms in total. The number of hydrogen-bond donors (Lipinski definition) is 0. The third-order valence-corrected chi connectivity index (χ3v) is 7.88. The molecular formula is C19H23N3O4S2. The maximum atomic E-state index is 12.7. The fourth-order valence-corrected chi connectivity index (χ4v) is 5.59. The SMILES string of the molecule is O=C(c1cccs1)N1CCN(c2ccc(S(=O)(=O)N3CCOCC3)cc2)CC1. The highest BCUT2D eigenvalue weighted by atomic mass is 32.2. The fraction of sp³-hybridized carbons (Fsp3) is 0.421. The highest BCUT2D eigenvalue weighted by Gasteiger charge is 2.27. The summed E-state index contributed by atoms with van der Waals surface area (Å²) in [6.45, 7) is 4.43. The number of piperazine rings is 1. The lowest BCUT2D eigenvalue weighted by Gasteiger charge is -2.36. The van der Waals surface area contributed by atoms with Gasteiger partial charge >= 0.3 is 0 Å². The second-order valence-electron chi connectivity index (χ2n) is 6.77. The second-order valence-corrected chi connectivity index (χ2v) is 9.65. The zero-order chi connectivity index (χ0) is 19.6. The first kappa shape index (κ1) is 19.4. The lowest BCUT2D eigenvalue weighted by Crippen LogP contribution is -2.48. The Kier molecular flexibility index (Phi) is 5.68. The third-order valence-electron chi connectivity index (χ3n) is 5.11. The van der Waals surface area contributed by atoms with Crippen molar-refractivity contribution in [1.29, 1.82) is 0 Å². The Hall–Kier alpha value is -1.94. The first-order valence-corrected chi connectivity index (χ1v) is 11.6. The van der Waals surface area contributed by atoms with Crippen LogP contribution in [0.5, 0.6) is 0 Å². The molecule has 0 saturated carbocycles. The highest BCUT2D eigenvalue weighted by molar-refractivity contribution is 7.89. The normalized spacial score (nSPS) is 19.0. The van der Waals surface area contributed by atoms with E-state index in [2.05, 4.69) is 4.90 Å². The van der Waals surface area contributed by atoms with Gasteiger partial charge in [-0.3, -0.25) is 4.79 Å². The van der Waals surface area contributed by atoms with E-state index in [1.165, 1.54) is 15.6 Å². The zero-order valence-electron chi connectivity index (χ0n) is 15.5. The van der Waals surface area contributed by atoms with Crippen molar-refractivity contribution in [3.8, 4) is 0 Å². The first-order chi connectivity index (χ1) is 13.6. The minimum absolute atomic E-state index is 0.0848. The predicted molar refractivity (Wildman–Crippen MR) is 108 cm³/mol. The molecule has 0 aliphatic carbocycles. The number of anilines is 1. The summed E-state index contributed by atoms with van der Waals surface area (Å²) in [5.41, 5.74) is 0.976. The number of amides is 1. The summed E-state index contributed by atoms with van der Waals surface area (Å²) in [5.74, 6) is 0.0848. The van der Waals surface area contributed by atoms with Crippen LogP contribution in [0.2, 0.25) is 0 Å². The molecule has 0 spiro atoms. The molecule has 2 aromatic rings. The second kappa shape index (κ2) is 8.20. The van der Waals surface area contributed by atoms with Crippen molar-refractivity contribution < 1.29 is 17.9 Å². The van der Waals surface area contributed by atoms with E-state index in [0.29, 0.717) is 44.3 Å². The summed E-state index contributed by atoms with van der Waals surface area (Å²) in [4.78, 5) is 17.6. The van der Waals surface area contributed by atoms with Crippen molar-refractivity contribution in [3.05, 3.63) is 46.7 Å². The summed E-state index contributed by atoms with van der Waals surface area (Å²) in [6.07, 6.45) is 0. The van der Waals surface area contributed by atoms with Crippen molar-refractivity contribution in [1.82, 2.24) is 9.21 Å². The van der Waals surface area contributed by atoms with Crippen LogP contribution >= 0.6 is 11.3 Å². The largest absolute Gasteiger partial charge is 0.379 e. The van der Waals surface area contributed by atoms with Gasteiger partial charge in [-0.25, -0.2) is 8.42 Å². The molecule has 9 heteroatoms. The van der Waals surface area contributed by atoms with Gasteiger partial charge in [0.1, 0.15) is 0 Å². The maximum absolute atomic E-state index is 12.7. The molecule has 2 fully saturated rings. The molecule has 1 aromatic heterocycles. The molecule has 28 heavy (non-hydrogen) atoms. The van der Waals surface area contributed by atoms with Gasteiger partial charge in [0.2, 0.25) is 10.0 Å². The van der Waals surface area contributed by atoms with Crippen LogP contribution in [0.25, 0.3) is 0 Å². The molecule has 0 unspecified atom stereocenters. The highest BCUT2D eigenvalue weighted by Crippen LogP contribution is 2.23. The van der Waals surface area contributed by atoms with E-state index in [-0.39, 0.29) is 5.91 Å². The monoisotopic (exact) mass is 421 g/mol. The molecule has 3 heterocycles. The lowest BCUT2D eigenvalue weighted by molar-refractivity contribution is 0.0730. The molecule has 1 amide bonds. The fourth-order valence-electron chi connectivity index (χ4n) is 3.49. The van der Waals surface area contributed by atoms with E-state index in [4.69, 9.17) is 4.74 Å². The topological polar surface area (TPSA) is 70.2 Å². The average Bonchev–Trinajstić information content (AvgIpc) is 3.29. The van der Waals surface area contributed by atoms with Crippen LogP contribution in [0.1, 0.15) is 9.67 Å². The number of carbonyl (C=O) groups is 1. The number of morpholine rings is 1. The molecule has 4 rings (SSSR count). The molecular weight excluding hydrogens is 398 g/mol. The Morgan fingerprint density at radius 2 is 1.61 bits per heavy atom. The average molecular weight is 422 g/mol. The number of hydrogen-bond acceptors (Lipinski definition) is 6. The van der Waals surface area contributed by atoms with E-state index in [1.54, 1.807) is 12.1 Å². The molecule has 0 radical (unpaired) electrons. The van der Waals surface area contributed by atoms with Gasteiger partial charge in [-0.05, 0) is 35.7 Å². The quantitative estimate of drug-likeness (QED) is 0.752. The third kappa shape index (κ3) is 3.93. The van der Waals surface area contributed by atoms with Crippen LogP contribution in [-0.2, 0) is 14.8 Å². The molecule has 1 aromatic carbocycles. The number of carbonyl (C=O) groups excluding carboxylic acids is 1. The van der Waals surface area contributed by atoms with Crippen LogP contribution in [0.4, 0.5) is 5.69 Å². The Bertz CT molecular complexity index is 899. The van der Waals surface area contributed by atoms with Crippen molar-refractivity contribution in [2.45, 2.75) is 4.90 Å². The standard InChI is InChI=1S/C19H23N3O4S2/c23-19(18-2-1-15-27-18)21-9-7-20(8-10-21)16-3-5-17(6-4-16)28(24,25)22-11-13-26-14-12-22/h1-6,15H,7-14H2. The number of nitrogens with zero attached hydrogens (tertiary/aromatic N) is 3. The predicted octanol–water partition coefficient (Wildman–Crippen LogP) is 1.73. The van der Waals surface area contributed by atoms with E-state index in [0.717, 1.165) is 23.7 Å². The van der Waals surface area contributed by atoms with Crippen LogP contribution in [0, 0.1) is 0 Å². The number of ether oxygens (including phenoxy) is 1. The number of benzene rings is 1. The molecule has 0 N–H and O–H groups in total. The summed E-state index contributed by atoms with van der Waals surface area (Å²) in [6, 6.07) is 10.8. The minimum Gasteiger partial charge on any atom is -0.379 e. The van der Waals surface area contributed by atoms with Gasteiger partial charge in [-0.15, -0.1) is 11.3 Å². The number of rotatable bonds is 4. The molecule has 150 valence electrons. The van der Waals surface area contributed by atoms with Crippen LogP contribution < -0.4 is 4.90 Å². The van der Waals surface area contributed by atoms with E-state index in [1.807, 2.05) is 34.5 Å². The molecule has 0 bridgehead atoms. The molecule has 2 aliphatic heterocycles. The van der Waals surface area contributed by atoms with Crippen LogP contribution in [0.15, 0.2) is 46.7 Å².